The van der Waals surface area contributed by atoms with E-state index in [1.165, 1.54) is 19.1 Å². The largest absolute Gasteiger partial charge is 0.505 e. The second kappa shape index (κ2) is 7.91. The Bertz CT molecular complexity index is 1080. The molecule has 0 saturated heterocycles. The number of ketones is 1. The zero-order chi connectivity index (χ0) is 20.4. The third-order valence-corrected chi connectivity index (χ3v) is 5.52. The monoisotopic (exact) mass is 407 g/mol. The summed E-state index contributed by atoms with van der Waals surface area (Å²) in [7, 11) is -4.59. The number of rotatable bonds is 6. The number of aromatic nitrogens is 1. The van der Waals surface area contributed by atoms with Gasteiger partial charge in [-0.2, -0.15) is 8.42 Å². The number of phenolic OH excluding ortho intramolecular Hbond substituents is 1. The van der Waals surface area contributed by atoms with Crippen LogP contribution in [0.15, 0.2) is 33.8 Å². The number of hydrogen-bond donors (Lipinski definition) is 2. The van der Waals surface area contributed by atoms with Gasteiger partial charge in [-0.3, -0.25) is 9.35 Å². The number of nitrogens with zero attached hydrogens (tertiary/aromatic N) is 3. The Labute approximate surface area is 160 Å². The standard InChI is InChI=1S/C17H17N3O5S2/c1-5-7-12-11(6-2)15(22)13(8-14(12)27(23,24)25)19-20-17-18-9(3)16(26-17)10(4)21/h5-8,22H,2H2,1,3-4H3,(H,23,24,25)/b7-5-,20-19?. The molecule has 0 bridgehead atoms. The van der Waals surface area contributed by atoms with E-state index < -0.39 is 15.0 Å². The van der Waals surface area contributed by atoms with Crippen LogP contribution in [0.5, 0.6) is 5.75 Å². The molecule has 1 heterocycles. The molecule has 0 aliphatic carbocycles. The van der Waals surface area contributed by atoms with Crippen LogP contribution in [0.3, 0.4) is 0 Å². The lowest BCUT2D eigenvalue weighted by atomic mass is 10.0. The molecule has 27 heavy (non-hydrogen) atoms. The molecule has 10 heteroatoms. The summed E-state index contributed by atoms with van der Waals surface area (Å²) < 4.78 is 33.0. The Hall–Kier alpha value is -2.69. The van der Waals surface area contributed by atoms with Crippen LogP contribution in [0.25, 0.3) is 12.2 Å². The van der Waals surface area contributed by atoms with Crippen molar-refractivity contribution in [1.82, 2.24) is 4.98 Å². The lowest BCUT2D eigenvalue weighted by molar-refractivity contribution is 0.102. The maximum Gasteiger partial charge on any atom is 0.295 e. The minimum Gasteiger partial charge on any atom is -0.505 e. The van der Waals surface area contributed by atoms with Gasteiger partial charge in [0.2, 0.25) is 5.13 Å². The van der Waals surface area contributed by atoms with Gasteiger partial charge < -0.3 is 5.11 Å². The Kier molecular flexibility index (Phi) is 6.04. The number of carbonyl (C=O) groups excluding carboxylic acids is 1. The molecule has 142 valence electrons. The van der Waals surface area contributed by atoms with E-state index >= 15 is 0 Å². The molecule has 1 aromatic carbocycles. The summed E-state index contributed by atoms with van der Waals surface area (Å²) in [6, 6.07) is 1.00. The molecule has 1 aromatic heterocycles. The van der Waals surface area contributed by atoms with E-state index in [2.05, 4.69) is 21.8 Å². The van der Waals surface area contributed by atoms with Crippen molar-refractivity contribution < 1.29 is 22.9 Å². The molecule has 0 atom stereocenters. The normalized spacial score (nSPS) is 12.1. The number of benzene rings is 1. The SMILES string of the molecule is C=Cc1c(O)c(N=Nc2nc(C)c(C(C)=O)s2)cc(S(=O)(=O)O)c1/C=C\C. The highest BCUT2D eigenvalue weighted by atomic mass is 32.2. The minimum absolute atomic E-state index is 0.0791. The number of hydrogen-bond acceptors (Lipinski definition) is 8. The predicted molar refractivity (Wildman–Crippen MR) is 104 cm³/mol. The maximum atomic E-state index is 11.7. The highest BCUT2D eigenvalue weighted by molar-refractivity contribution is 7.86. The first kappa shape index (κ1) is 20.6. The third-order valence-electron chi connectivity index (χ3n) is 3.48. The number of phenols is 1. The lowest BCUT2D eigenvalue weighted by Gasteiger charge is -2.11. The molecule has 0 radical (unpaired) electrons. The van der Waals surface area contributed by atoms with Crippen molar-refractivity contribution in [1.29, 1.82) is 0 Å². The summed E-state index contributed by atoms with van der Waals surface area (Å²) in [5, 5.41) is 18.3. The Balaban J connectivity index is 2.65. The maximum absolute atomic E-state index is 11.7. The number of Topliss-reactive ketones (excluding diaryl/α,β-unsaturated/α-hetero) is 1. The van der Waals surface area contributed by atoms with Gasteiger partial charge in [0, 0.05) is 18.1 Å². The number of aromatic hydroxyl groups is 1. The van der Waals surface area contributed by atoms with Crippen molar-refractivity contribution in [2.75, 3.05) is 0 Å². The summed E-state index contributed by atoms with van der Waals surface area (Å²) in [5.74, 6) is -0.512. The van der Waals surface area contributed by atoms with E-state index in [9.17, 15) is 22.9 Å². The Morgan fingerprint density at radius 3 is 2.48 bits per heavy atom. The Morgan fingerprint density at radius 2 is 2.00 bits per heavy atom. The molecule has 0 spiro atoms. The zero-order valence-electron chi connectivity index (χ0n) is 14.8. The van der Waals surface area contributed by atoms with Crippen molar-refractivity contribution in [3.8, 4) is 5.75 Å². The van der Waals surface area contributed by atoms with Crippen molar-refractivity contribution in [2.45, 2.75) is 25.7 Å². The van der Waals surface area contributed by atoms with Crippen LogP contribution in [0.1, 0.15) is 40.3 Å². The van der Waals surface area contributed by atoms with E-state index in [-0.39, 0.29) is 33.5 Å². The summed E-state index contributed by atoms with van der Waals surface area (Å²) in [4.78, 5) is 15.6. The van der Waals surface area contributed by atoms with Crippen LogP contribution in [0.4, 0.5) is 10.8 Å². The quantitative estimate of drug-likeness (QED) is 0.406. The van der Waals surface area contributed by atoms with Crippen LogP contribution in [-0.2, 0) is 10.1 Å². The first-order valence-electron chi connectivity index (χ1n) is 7.62. The highest BCUT2D eigenvalue weighted by Gasteiger charge is 2.22. The molecule has 0 saturated carbocycles. The minimum atomic E-state index is -4.59. The van der Waals surface area contributed by atoms with E-state index in [4.69, 9.17) is 0 Å². The van der Waals surface area contributed by atoms with Crippen LogP contribution in [0.2, 0.25) is 0 Å². The van der Waals surface area contributed by atoms with Gasteiger partial charge in [0.05, 0.1) is 10.6 Å². The van der Waals surface area contributed by atoms with Crippen LogP contribution in [-0.4, -0.2) is 28.8 Å². The van der Waals surface area contributed by atoms with Gasteiger partial charge in [0.1, 0.15) is 10.6 Å². The molecule has 0 unspecified atom stereocenters. The number of aryl methyl sites for hydroxylation is 1. The van der Waals surface area contributed by atoms with Crippen molar-refractivity contribution in [3.63, 3.8) is 0 Å². The Morgan fingerprint density at radius 1 is 1.33 bits per heavy atom. The first-order chi connectivity index (χ1) is 12.6. The average molecular weight is 407 g/mol. The van der Waals surface area contributed by atoms with Gasteiger partial charge in [-0.15, -0.1) is 10.2 Å². The van der Waals surface area contributed by atoms with Gasteiger partial charge in [-0.05, 0) is 19.9 Å². The number of carbonyl (C=O) groups is 1. The number of allylic oxidation sites excluding steroid dienone is 1. The van der Waals surface area contributed by atoms with Gasteiger partial charge >= 0.3 is 0 Å². The summed E-state index contributed by atoms with van der Waals surface area (Å²) in [6.07, 6.45) is 4.23. The summed E-state index contributed by atoms with van der Waals surface area (Å²) in [6.45, 7) is 8.28. The molecule has 8 nitrogen and oxygen atoms in total. The molecule has 2 rings (SSSR count). The lowest BCUT2D eigenvalue weighted by Crippen LogP contribution is -2.02. The van der Waals surface area contributed by atoms with E-state index in [0.717, 1.165) is 17.4 Å². The second-order valence-electron chi connectivity index (χ2n) is 5.42. The molecule has 0 aliphatic rings. The van der Waals surface area contributed by atoms with Crippen molar-refractivity contribution in [2.24, 2.45) is 10.2 Å². The predicted octanol–water partition coefficient (Wildman–Crippen LogP) is 4.70. The van der Waals surface area contributed by atoms with Gasteiger partial charge in [-0.25, -0.2) is 4.98 Å². The fourth-order valence-electron chi connectivity index (χ4n) is 2.35. The smallest absolute Gasteiger partial charge is 0.295 e. The van der Waals surface area contributed by atoms with Gasteiger partial charge in [-0.1, -0.05) is 36.1 Å². The van der Waals surface area contributed by atoms with E-state index in [1.807, 2.05) is 0 Å². The van der Waals surface area contributed by atoms with Crippen LogP contribution < -0.4 is 0 Å². The fraction of sp³-hybridized carbons (Fsp3) is 0.176. The zero-order valence-corrected chi connectivity index (χ0v) is 16.4. The molecule has 2 aromatic rings. The molecule has 0 aliphatic heterocycles. The molecular formula is C17H17N3O5S2. The van der Waals surface area contributed by atoms with E-state index in [0.29, 0.717) is 10.6 Å². The summed E-state index contributed by atoms with van der Waals surface area (Å²) in [5.41, 5.74) is 0.467. The third kappa shape index (κ3) is 4.35. The average Bonchev–Trinajstić information content (AvgIpc) is 2.94. The second-order valence-corrected chi connectivity index (χ2v) is 7.78. The van der Waals surface area contributed by atoms with Crippen LogP contribution >= 0.6 is 11.3 Å². The molecule has 0 fully saturated rings. The van der Waals surface area contributed by atoms with Crippen molar-refractivity contribution >= 4 is 50.2 Å². The molecule has 0 amide bonds. The summed E-state index contributed by atoms with van der Waals surface area (Å²) >= 11 is 1.02. The van der Waals surface area contributed by atoms with Crippen LogP contribution in [0, 0.1) is 6.92 Å². The highest BCUT2D eigenvalue weighted by Crippen LogP contribution is 2.39. The van der Waals surface area contributed by atoms with E-state index in [1.54, 1.807) is 19.9 Å². The van der Waals surface area contributed by atoms with Gasteiger partial charge in [0.25, 0.3) is 10.1 Å². The van der Waals surface area contributed by atoms with Gasteiger partial charge in [0.15, 0.2) is 11.5 Å². The molecular weight excluding hydrogens is 390 g/mol. The van der Waals surface area contributed by atoms with Crippen molar-refractivity contribution in [3.05, 3.63) is 40.4 Å². The number of thiazole rings is 1. The number of azo groups is 1. The first-order valence-corrected chi connectivity index (χ1v) is 9.88. The molecule has 2 N–H and O–H groups in total. The fourth-order valence-corrected chi connectivity index (χ4v) is 3.85. The topological polar surface area (TPSA) is 129 Å².